The van der Waals surface area contributed by atoms with Crippen molar-refractivity contribution in [2.45, 2.75) is 0 Å². The smallest absolute Gasteiger partial charge is 0.161 e. The Balaban J connectivity index is 0.000000104. The first-order chi connectivity index (χ1) is 69.9. The summed E-state index contributed by atoms with van der Waals surface area (Å²) >= 11 is 0. The van der Waals surface area contributed by atoms with Crippen molar-refractivity contribution in [2.75, 3.05) is 0 Å². The fourth-order valence-electron chi connectivity index (χ4n) is 21.7. The van der Waals surface area contributed by atoms with Crippen molar-refractivity contribution in [3.05, 3.63) is 491 Å². The summed E-state index contributed by atoms with van der Waals surface area (Å²) in [4.78, 5) is 0. The van der Waals surface area contributed by atoms with E-state index < -0.39 is 0 Å². The maximum Gasteiger partial charge on any atom is 0.161 e. The second kappa shape index (κ2) is 33.0. The summed E-state index contributed by atoms with van der Waals surface area (Å²) in [6.45, 7) is 0. The van der Waals surface area contributed by atoms with Crippen LogP contribution in [0.15, 0.2) is 518 Å². The minimum absolute atomic E-state index is 0.883. The molecule has 0 radical (unpaired) electrons. The van der Waals surface area contributed by atoms with Crippen LogP contribution in [0.3, 0.4) is 0 Å². The van der Waals surface area contributed by atoms with Crippen molar-refractivity contribution in [2.24, 2.45) is 0 Å². The Kier molecular flexibility index (Phi) is 18.8. The normalized spacial score (nSPS) is 11.8. The van der Waals surface area contributed by atoms with Gasteiger partial charge in [-0.3, -0.25) is 0 Å². The molecule has 0 fully saturated rings. The number of hydrogen-bond donors (Lipinski definition) is 0. The van der Waals surface area contributed by atoms with Gasteiger partial charge in [-0.2, -0.15) is 0 Å². The van der Waals surface area contributed by atoms with Gasteiger partial charge in [0.1, 0.15) is 66.8 Å². The Morgan fingerprint density at radius 2 is 0.376 bits per heavy atom. The second-order valence-electron chi connectivity index (χ2n) is 36.3. The molecule has 0 N–H and O–H groups in total. The van der Waals surface area contributed by atoms with Gasteiger partial charge in [0.25, 0.3) is 0 Å². The molecule has 0 saturated carbocycles. The zero-order chi connectivity index (χ0) is 92.7. The van der Waals surface area contributed by atoms with Gasteiger partial charge in [0.2, 0.25) is 0 Å². The first-order valence-corrected chi connectivity index (χ1v) is 47.8. The molecule has 0 spiro atoms. The van der Waals surface area contributed by atoms with E-state index in [9.17, 15) is 0 Å². The molecule has 0 aliphatic carbocycles. The monoisotopic (exact) mass is 1800 g/mol. The van der Waals surface area contributed by atoms with Gasteiger partial charge in [-0.25, -0.2) is 0 Å². The van der Waals surface area contributed by atoms with Crippen LogP contribution in [-0.4, -0.2) is 13.7 Å². The third-order valence-electron chi connectivity index (χ3n) is 28.3. The molecular weight excluding hydrogens is 1720 g/mol. The third kappa shape index (κ3) is 13.4. The molecule has 0 bridgehead atoms. The Morgan fingerprint density at radius 3 is 0.780 bits per heavy atom. The van der Waals surface area contributed by atoms with Gasteiger partial charge < -0.3 is 40.2 Å². The SMILES string of the molecule is c1ccc(-c2ccc3c(c2)oc2cc(-c4ccc(-c5ccc6c(c5)oc5c7ccccc7n(-c7ccccc7)c65)cc4)ccc23)cc1.c1ccc(-c2cccc3c2oc2c(-c4ccc(-c5ccc6c(c5)oc5c7ccccc7n(-c7ccccc7)c65)cc4)cccc23)cc1.c1ccc(-c2cccc3c2oc2cccc(-c4ccc(-c5cccc6c5oc5c7ccccc7n(-c7ccccc7)c65)cc4)c23)cc1. The van der Waals surface area contributed by atoms with E-state index in [4.69, 9.17) is 26.5 Å². The second-order valence-corrected chi connectivity index (χ2v) is 36.3. The number of rotatable bonds is 12. The van der Waals surface area contributed by atoms with Crippen molar-refractivity contribution in [3.63, 3.8) is 0 Å². The molecule has 0 saturated heterocycles. The van der Waals surface area contributed by atoms with Gasteiger partial charge in [0.15, 0.2) is 16.7 Å². The van der Waals surface area contributed by atoms with Crippen LogP contribution in [0, 0.1) is 0 Å². The first-order valence-electron chi connectivity index (χ1n) is 47.8. The van der Waals surface area contributed by atoms with Gasteiger partial charge in [-0.1, -0.05) is 358 Å². The van der Waals surface area contributed by atoms with E-state index in [-0.39, 0.29) is 0 Å². The van der Waals surface area contributed by atoms with Crippen molar-refractivity contribution in [1.29, 1.82) is 0 Å². The maximum absolute atomic E-state index is 6.78. The minimum Gasteiger partial charge on any atom is -0.456 e. The lowest BCUT2D eigenvalue weighted by atomic mass is 9.95. The number of para-hydroxylation sites is 10. The van der Waals surface area contributed by atoms with Gasteiger partial charge >= 0.3 is 0 Å². The standard InChI is InChI=1S/3C44H27NO2/c1-3-12-28(13-4-1)33-18-9-20-36-40-32(17-11-23-39(40)46-42(33)36)29-24-26-30(27-25-29)34-19-10-21-37-41-44(47-43(34)37)35-16-7-8-22-38(35)45(41)31-14-5-2-6-15-31;1-3-11-29(12-4-1)33-16-9-18-35-36-19-10-17-34(43(36)47-42(33)35)30-23-21-28(22-24-30)31-25-26-38-40(27-31)46-44-37-15-7-8-20-39(37)45(41(38)44)32-13-5-2-6-14-32;1-3-9-28(10-4-1)31-19-22-35-36-23-20-32(26-41(36)46-40(35)25-31)29-15-17-30(18-16-29)33-21-24-38-42(27-33)47-44-37-13-7-8-14-39(37)45(43(38)44)34-11-5-2-6-12-34/h3*1-27H. The van der Waals surface area contributed by atoms with Crippen molar-refractivity contribution >= 4 is 165 Å². The highest BCUT2D eigenvalue weighted by atomic mass is 16.4. The minimum atomic E-state index is 0.883. The summed E-state index contributed by atoms with van der Waals surface area (Å²) in [7, 11) is 0. The summed E-state index contributed by atoms with van der Waals surface area (Å²) < 4.78 is 46.5. The van der Waals surface area contributed by atoms with Gasteiger partial charge in [0, 0.05) is 104 Å². The molecule has 0 amide bonds. The number of furan rings is 6. The molecule has 141 heavy (non-hydrogen) atoms. The van der Waals surface area contributed by atoms with Crippen LogP contribution in [-0.2, 0) is 0 Å². The van der Waals surface area contributed by atoms with Crippen molar-refractivity contribution in [1.82, 2.24) is 13.7 Å². The lowest BCUT2D eigenvalue weighted by molar-refractivity contribution is 0.669. The van der Waals surface area contributed by atoms with Crippen molar-refractivity contribution in [3.8, 4) is 117 Å². The van der Waals surface area contributed by atoms with E-state index in [1.165, 1.54) is 5.56 Å². The molecule has 0 aliphatic rings. The van der Waals surface area contributed by atoms with Gasteiger partial charge in [-0.05, 0) is 211 Å². The molecule has 0 unspecified atom stereocenters. The van der Waals surface area contributed by atoms with E-state index in [1.807, 2.05) is 18.2 Å². The largest absolute Gasteiger partial charge is 0.456 e. The van der Waals surface area contributed by atoms with Gasteiger partial charge in [0.05, 0.1) is 16.6 Å². The summed E-state index contributed by atoms with van der Waals surface area (Å²) in [5.41, 5.74) is 41.3. The molecule has 9 aromatic heterocycles. The molecule has 0 atom stereocenters. The number of nitrogens with zero attached hydrogens (tertiary/aromatic N) is 3. The summed E-state index contributed by atoms with van der Waals surface area (Å²) in [5.74, 6) is 0. The van der Waals surface area contributed by atoms with Crippen LogP contribution < -0.4 is 0 Å². The Bertz CT molecular complexity index is 10100. The lowest BCUT2D eigenvalue weighted by Crippen LogP contribution is -1.92. The molecule has 9 heteroatoms. The van der Waals surface area contributed by atoms with E-state index in [0.29, 0.717) is 0 Å². The number of aromatic nitrogens is 3. The first kappa shape index (κ1) is 80.5. The predicted octanol–water partition coefficient (Wildman–Crippen LogP) is 37.3. The van der Waals surface area contributed by atoms with E-state index in [0.717, 1.165) is 276 Å². The fourth-order valence-corrected chi connectivity index (χ4v) is 21.7. The molecule has 21 aromatic carbocycles. The van der Waals surface area contributed by atoms with E-state index >= 15 is 0 Å². The molecule has 30 aromatic rings. The van der Waals surface area contributed by atoms with E-state index in [2.05, 4.69) is 487 Å². The fraction of sp³-hybridized carbons (Fsp3) is 0. The van der Waals surface area contributed by atoms with Crippen LogP contribution in [0.25, 0.3) is 282 Å². The third-order valence-corrected chi connectivity index (χ3v) is 28.3. The Morgan fingerprint density at radius 1 is 0.128 bits per heavy atom. The zero-order valence-corrected chi connectivity index (χ0v) is 76.1. The molecular formula is C132H81N3O6. The quantitative estimate of drug-likeness (QED) is 0.121. The molecule has 9 nitrogen and oxygen atoms in total. The Hall–Kier alpha value is -19.0. The molecule has 660 valence electrons. The molecule has 0 aliphatic heterocycles. The molecule has 30 rings (SSSR count). The predicted molar refractivity (Wildman–Crippen MR) is 582 cm³/mol. The topological polar surface area (TPSA) is 93.6 Å². The summed E-state index contributed by atoms with van der Waals surface area (Å²) in [6, 6.07) is 173. The summed E-state index contributed by atoms with van der Waals surface area (Å²) in [6.07, 6.45) is 0. The summed E-state index contributed by atoms with van der Waals surface area (Å²) in [5, 5.41) is 13.4. The number of hydrogen-bond acceptors (Lipinski definition) is 6. The molecule has 9 heterocycles. The van der Waals surface area contributed by atoms with Crippen LogP contribution in [0.5, 0.6) is 0 Å². The number of fused-ring (bicyclic) bond motifs is 24. The van der Waals surface area contributed by atoms with Crippen LogP contribution in [0.1, 0.15) is 0 Å². The zero-order valence-electron chi connectivity index (χ0n) is 76.1. The van der Waals surface area contributed by atoms with Gasteiger partial charge in [-0.15, -0.1) is 0 Å². The highest BCUT2D eigenvalue weighted by Crippen LogP contribution is 2.49. The Labute approximate surface area is 807 Å². The van der Waals surface area contributed by atoms with Crippen LogP contribution in [0.4, 0.5) is 0 Å². The average Bonchev–Trinajstić information content (AvgIpc) is 1.56. The lowest BCUT2D eigenvalue weighted by Gasteiger charge is -2.09. The highest BCUT2D eigenvalue weighted by molar-refractivity contribution is 6.22. The van der Waals surface area contributed by atoms with E-state index in [1.54, 1.807) is 0 Å². The average molecular weight is 1810 g/mol. The maximum atomic E-state index is 6.78. The number of benzene rings is 21. The highest BCUT2D eigenvalue weighted by Gasteiger charge is 2.27. The van der Waals surface area contributed by atoms with Crippen molar-refractivity contribution < 1.29 is 26.5 Å². The van der Waals surface area contributed by atoms with Crippen LogP contribution in [0.2, 0.25) is 0 Å². The van der Waals surface area contributed by atoms with Crippen LogP contribution >= 0.6 is 0 Å².